The fourth-order valence-electron chi connectivity index (χ4n) is 2.12. The molecule has 0 bridgehead atoms. The summed E-state index contributed by atoms with van der Waals surface area (Å²) in [5.74, 6) is 0. The molecule has 2 N–H and O–H groups in total. The summed E-state index contributed by atoms with van der Waals surface area (Å²) < 4.78 is 0. The Labute approximate surface area is 76.9 Å². The van der Waals surface area contributed by atoms with Crippen LogP contribution in [0.5, 0.6) is 0 Å². The molecule has 0 saturated carbocycles. The van der Waals surface area contributed by atoms with Crippen molar-refractivity contribution in [1.82, 2.24) is 0 Å². The first-order valence-electron chi connectivity index (χ1n) is 5.77. The molecule has 0 aliphatic carbocycles. The Hall–Kier alpha value is -0.0400. The molecule has 1 saturated heterocycles. The van der Waals surface area contributed by atoms with Gasteiger partial charge in [-0.1, -0.05) is 26.2 Å². The van der Waals surface area contributed by atoms with Crippen LogP contribution in [-0.4, -0.2) is 12.6 Å². The third-order valence-corrected chi connectivity index (χ3v) is 2.96. The molecule has 1 nitrogen and oxygen atoms in total. The number of nitrogens with two attached hydrogens (primary N) is 1. The van der Waals surface area contributed by atoms with E-state index in [1.165, 1.54) is 57.9 Å². The molecule has 0 radical (unpaired) electrons. The van der Waals surface area contributed by atoms with Crippen LogP contribution in [0.1, 0.15) is 58.3 Å². The third-order valence-electron chi connectivity index (χ3n) is 2.96. The molecular weight excluding hydrogens is 146 g/mol. The lowest BCUT2D eigenvalue weighted by Gasteiger charge is -2.19. The highest BCUT2D eigenvalue weighted by molar-refractivity contribution is 4.59. The molecule has 0 aromatic rings. The predicted molar refractivity (Wildman–Crippen MR) is 53.2 cm³/mol. The van der Waals surface area contributed by atoms with Crippen molar-refractivity contribution in [3.8, 4) is 0 Å². The Morgan fingerprint density at radius 3 is 2.75 bits per heavy atom. The van der Waals surface area contributed by atoms with E-state index in [2.05, 4.69) is 12.2 Å². The van der Waals surface area contributed by atoms with E-state index in [1.807, 2.05) is 0 Å². The number of unbranched alkanes of at least 4 members (excludes halogenated alkanes) is 3. The van der Waals surface area contributed by atoms with Crippen LogP contribution in [0, 0.1) is 0 Å². The molecule has 12 heavy (non-hydrogen) atoms. The SMILES string of the molecule is CCCCCC[C@H]1CCCC[NH2+]1. The average Bonchev–Trinajstić information content (AvgIpc) is 2.14. The first-order chi connectivity index (χ1) is 5.93. The summed E-state index contributed by atoms with van der Waals surface area (Å²) in [6.45, 7) is 3.67. The topological polar surface area (TPSA) is 16.6 Å². The summed E-state index contributed by atoms with van der Waals surface area (Å²) in [6, 6.07) is 0.982. The van der Waals surface area contributed by atoms with Crippen LogP contribution in [-0.2, 0) is 0 Å². The Morgan fingerprint density at radius 1 is 1.17 bits per heavy atom. The average molecular weight is 170 g/mol. The van der Waals surface area contributed by atoms with E-state index in [-0.39, 0.29) is 0 Å². The zero-order valence-corrected chi connectivity index (χ0v) is 8.52. The third kappa shape index (κ3) is 4.10. The molecule has 0 aromatic heterocycles. The quantitative estimate of drug-likeness (QED) is 0.608. The molecule has 0 spiro atoms. The van der Waals surface area contributed by atoms with Crippen molar-refractivity contribution in [2.75, 3.05) is 6.54 Å². The lowest BCUT2D eigenvalue weighted by molar-refractivity contribution is -0.698. The lowest BCUT2D eigenvalue weighted by Crippen LogP contribution is -2.91. The molecule has 1 atom stereocenters. The first kappa shape index (κ1) is 10.0. The maximum absolute atomic E-state index is 2.56. The number of hydrogen-bond donors (Lipinski definition) is 1. The first-order valence-corrected chi connectivity index (χ1v) is 5.77. The maximum atomic E-state index is 2.56. The van der Waals surface area contributed by atoms with Crippen molar-refractivity contribution in [2.45, 2.75) is 64.3 Å². The monoisotopic (exact) mass is 170 g/mol. The van der Waals surface area contributed by atoms with E-state index in [9.17, 15) is 0 Å². The zero-order chi connectivity index (χ0) is 8.65. The van der Waals surface area contributed by atoms with Crippen molar-refractivity contribution in [3.05, 3.63) is 0 Å². The normalized spacial score (nSPS) is 24.2. The largest absolute Gasteiger partial charge is 0.344 e. The molecule has 0 aromatic carbocycles. The molecule has 1 aliphatic heterocycles. The van der Waals surface area contributed by atoms with Gasteiger partial charge in [0.15, 0.2) is 0 Å². The minimum absolute atomic E-state index is 0.982. The zero-order valence-electron chi connectivity index (χ0n) is 8.52. The number of rotatable bonds is 5. The minimum Gasteiger partial charge on any atom is -0.344 e. The second-order valence-electron chi connectivity index (χ2n) is 4.13. The van der Waals surface area contributed by atoms with Crippen LogP contribution in [0.15, 0.2) is 0 Å². The molecular formula is C11H24N+. The fourth-order valence-corrected chi connectivity index (χ4v) is 2.12. The summed E-state index contributed by atoms with van der Waals surface area (Å²) in [5.41, 5.74) is 0. The highest BCUT2D eigenvalue weighted by Gasteiger charge is 2.14. The second kappa shape index (κ2) is 6.47. The summed E-state index contributed by atoms with van der Waals surface area (Å²) in [4.78, 5) is 0. The fraction of sp³-hybridized carbons (Fsp3) is 1.00. The summed E-state index contributed by atoms with van der Waals surface area (Å²) in [6.07, 6.45) is 11.6. The molecule has 1 heterocycles. The van der Waals surface area contributed by atoms with Crippen LogP contribution < -0.4 is 5.32 Å². The molecule has 1 rings (SSSR count). The lowest BCUT2D eigenvalue weighted by atomic mass is 9.99. The van der Waals surface area contributed by atoms with Crippen LogP contribution >= 0.6 is 0 Å². The van der Waals surface area contributed by atoms with Gasteiger partial charge < -0.3 is 5.32 Å². The van der Waals surface area contributed by atoms with E-state index < -0.39 is 0 Å². The molecule has 0 amide bonds. The van der Waals surface area contributed by atoms with Gasteiger partial charge in [-0.3, -0.25) is 0 Å². The number of hydrogen-bond acceptors (Lipinski definition) is 0. The molecule has 1 heteroatoms. The van der Waals surface area contributed by atoms with Crippen molar-refractivity contribution >= 4 is 0 Å². The van der Waals surface area contributed by atoms with Crippen molar-refractivity contribution < 1.29 is 5.32 Å². The van der Waals surface area contributed by atoms with E-state index in [4.69, 9.17) is 0 Å². The van der Waals surface area contributed by atoms with Gasteiger partial charge in [-0.05, 0) is 32.1 Å². The van der Waals surface area contributed by atoms with Crippen molar-refractivity contribution in [2.24, 2.45) is 0 Å². The number of piperidine rings is 1. The van der Waals surface area contributed by atoms with E-state index in [1.54, 1.807) is 0 Å². The standard InChI is InChI=1S/C11H23N/c1-2-3-4-5-8-11-9-6-7-10-12-11/h11-12H,2-10H2,1H3/p+1/t11-/m0/s1. The van der Waals surface area contributed by atoms with Gasteiger partial charge in [0, 0.05) is 0 Å². The molecule has 1 fully saturated rings. The minimum atomic E-state index is 0.982. The Bertz CT molecular complexity index is 95.2. The Kier molecular flexibility index (Phi) is 5.42. The molecule has 1 aliphatic rings. The van der Waals surface area contributed by atoms with E-state index in [0.29, 0.717) is 0 Å². The maximum Gasteiger partial charge on any atom is 0.0859 e. The van der Waals surface area contributed by atoms with Gasteiger partial charge in [-0.15, -0.1) is 0 Å². The second-order valence-corrected chi connectivity index (χ2v) is 4.13. The van der Waals surface area contributed by atoms with Gasteiger partial charge in [0.05, 0.1) is 12.6 Å². The van der Waals surface area contributed by atoms with Crippen LogP contribution in [0.3, 0.4) is 0 Å². The van der Waals surface area contributed by atoms with Crippen LogP contribution in [0.2, 0.25) is 0 Å². The van der Waals surface area contributed by atoms with Crippen molar-refractivity contribution in [3.63, 3.8) is 0 Å². The predicted octanol–water partition coefficient (Wildman–Crippen LogP) is 2.07. The van der Waals surface area contributed by atoms with Gasteiger partial charge in [0.2, 0.25) is 0 Å². The Morgan fingerprint density at radius 2 is 2.08 bits per heavy atom. The van der Waals surface area contributed by atoms with Gasteiger partial charge in [-0.2, -0.15) is 0 Å². The van der Waals surface area contributed by atoms with Gasteiger partial charge in [0.25, 0.3) is 0 Å². The molecule has 0 unspecified atom stereocenters. The highest BCUT2D eigenvalue weighted by Crippen LogP contribution is 2.09. The van der Waals surface area contributed by atoms with Crippen molar-refractivity contribution in [1.29, 1.82) is 0 Å². The van der Waals surface area contributed by atoms with Crippen LogP contribution in [0.4, 0.5) is 0 Å². The van der Waals surface area contributed by atoms with Gasteiger partial charge >= 0.3 is 0 Å². The molecule has 72 valence electrons. The van der Waals surface area contributed by atoms with Gasteiger partial charge in [-0.25, -0.2) is 0 Å². The highest BCUT2D eigenvalue weighted by atomic mass is 14.9. The Balaban J connectivity index is 1.91. The van der Waals surface area contributed by atoms with Crippen LogP contribution in [0.25, 0.3) is 0 Å². The summed E-state index contributed by atoms with van der Waals surface area (Å²) >= 11 is 0. The number of quaternary nitrogens is 1. The smallest absolute Gasteiger partial charge is 0.0859 e. The van der Waals surface area contributed by atoms with Gasteiger partial charge in [0.1, 0.15) is 0 Å². The van der Waals surface area contributed by atoms with E-state index >= 15 is 0 Å². The summed E-state index contributed by atoms with van der Waals surface area (Å²) in [7, 11) is 0. The summed E-state index contributed by atoms with van der Waals surface area (Å²) in [5, 5.41) is 2.56. The van der Waals surface area contributed by atoms with E-state index in [0.717, 1.165) is 6.04 Å².